The van der Waals surface area contributed by atoms with Crippen molar-refractivity contribution >= 4 is 5.91 Å². The van der Waals surface area contributed by atoms with E-state index < -0.39 is 0 Å². The predicted octanol–water partition coefficient (Wildman–Crippen LogP) is 2.80. The summed E-state index contributed by atoms with van der Waals surface area (Å²) >= 11 is 0. The zero-order valence-corrected chi connectivity index (χ0v) is 13.8. The number of ether oxygens (including phenoxy) is 1. The van der Waals surface area contributed by atoms with Gasteiger partial charge in [-0.1, -0.05) is 42.0 Å². The molecule has 0 aliphatic rings. The van der Waals surface area contributed by atoms with Crippen molar-refractivity contribution < 1.29 is 9.53 Å². The molecule has 1 amide bonds. The lowest BCUT2D eigenvalue weighted by atomic mass is 10.1. The highest BCUT2D eigenvalue weighted by Crippen LogP contribution is 2.10. The van der Waals surface area contributed by atoms with Gasteiger partial charge in [-0.15, -0.1) is 0 Å². The highest BCUT2D eigenvalue weighted by Gasteiger charge is 2.01. The van der Waals surface area contributed by atoms with Crippen LogP contribution < -0.4 is 15.4 Å². The maximum atomic E-state index is 11.8. The van der Waals surface area contributed by atoms with Crippen LogP contribution in [0.3, 0.4) is 0 Å². The summed E-state index contributed by atoms with van der Waals surface area (Å²) in [6.45, 7) is 4.07. The van der Waals surface area contributed by atoms with Gasteiger partial charge in [0.05, 0.1) is 7.11 Å². The van der Waals surface area contributed by atoms with Gasteiger partial charge in [-0.05, 0) is 30.2 Å². The fraction of sp³-hybridized carbons (Fsp3) is 0.316. The van der Waals surface area contributed by atoms with Gasteiger partial charge in [-0.25, -0.2) is 0 Å². The van der Waals surface area contributed by atoms with Gasteiger partial charge in [0, 0.05) is 26.1 Å². The lowest BCUT2D eigenvalue weighted by Gasteiger charge is -2.08. The zero-order valence-electron chi connectivity index (χ0n) is 13.8. The molecule has 2 N–H and O–H groups in total. The Bertz CT molecular complexity index is 606. The summed E-state index contributed by atoms with van der Waals surface area (Å²) in [6.07, 6.45) is 0.474. The van der Waals surface area contributed by atoms with E-state index in [1.807, 2.05) is 24.3 Å². The zero-order chi connectivity index (χ0) is 16.5. The highest BCUT2D eigenvalue weighted by molar-refractivity contribution is 5.76. The minimum absolute atomic E-state index is 0.0530. The van der Waals surface area contributed by atoms with Gasteiger partial charge in [0.15, 0.2) is 0 Å². The number of carbonyl (C=O) groups is 1. The van der Waals surface area contributed by atoms with Crippen LogP contribution in [0.25, 0.3) is 0 Å². The Balaban J connectivity index is 1.62. The molecular weight excluding hydrogens is 288 g/mol. The average Bonchev–Trinajstić information content (AvgIpc) is 2.59. The van der Waals surface area contributed by atoms with Gasteiger partial charge in [0.2, 0.25) is 5.91 Å². The van der Waals surface area contributed by atoms with Crippen LogP contribution in [0.4, 0.5) is 0 Å². The predicted molar refractivity (Wildman–Crippen MR) is 92.3 cm³/mol. The van der Waals surface area contributed by atoms with E-state index in [-0.39, 0.29) is 5.91 Å². The van der Waals surface area contributed by atoms with Crippen molar-refractivity contribution in [3.05, 3.63) is 65.2 Å². The molecular formula is C19H24N2O2. The number of methoxy groups -OCH3 is 1. The molecule has 0 spiro atoms. The van der Waals surface area contributed by atoms with Crippen molar-refractivity contribution in [3.8, 4) is 5.75 Å². The van der Waals surface area contributed by atoms with Crippen LogP contribution in [-0.2, 0) is 17.9 Å². The lowest BCUT2D eigenvalue weighted by molar-refractivity contribution is -0.121. The lowest BCUT2D eigenvalue weighted by Crippen LogP contribution is -2.27. The van der Waals surface area contributed by atoms with E-state index in [4.69, 9.17) is 4.74 Å². The van der Waals surface area contributed by atoms with Crippen molar-refractivity contribution in [2.45, 2.75) is 26.4 Å². The van der Waals surface area contributed by atoms with Gasteiger partial charge in [0.1, 0.15) is 5.75 Å². The van der Waals surface area contributed by atoms with Crippen LogP contribution in [0.5, 0.6) is 5.75 Å². The Labute approximate surface area is 137 Å². The molecule has 0 aliphatic heterocycles. The molecule has 0 saturated heterocycles. The Morgan fingerprint density at radius 2 is 1.57 bits per heavy atom. The first-order chi connectivity index (χ1) is 11.2. The molecule has 2 aromatic rings. The fourth-order valence-corrected chi connectivity index (χ4v) is 2.17. The van der Waals surface area contributed by atoms with Crippen molar-refractivity contribution in [3.63, 3.8) is 0 Å². The Morgan fingerprint density at radius 1 is 0.957 bits per heavy atom. The standard InChI is InChI=1S/C19H24N2O2/c1-15-3-5-16(6-4-15)13-20-12-11-19(22)21-14-17-7-9-18(23-2)10-8-17/h3-10,20H,11-14H2,1-2H3,(H,21,22). The van der Waals surface area contributed by atoms with Gasteiger partial charge in [-0.2, -0.15) is 0 Å². The third-order valence-electron chi connectivity index (χ3n) is 3.63. The highest BCUT2D eigenvalue weighted by atomic mass is 16.5. The molecule has 0 atom stereocenters. The molecule has 0 unspecified atom stereocenters. The van der Waals surface area contributed by atoms with E-state index >= 15 is 0 Å². The molecule has 2 rings (SSSR count). The van der Waals surface area contributed by atoms with Gasteiger partial charge >= 0.3 is 0 Å². The first-order valence-corrected chi connectivity index (χ1v) is 7.83. The molecule has 0 aliphatic carbocycles. The fourth-order valence-electron chi connectivity index (χ4n) is 2.17. The first kappa shape index (κ1) is 17.0. The normalized spacial score (nSPS) is 10.3. The van der Waals surface area contributed by atoms with Crippen LogP contribution in [0.15, 0.2) is 48.5 Å². The van der Waals surface area contributed by atoms with E-state index in [9.17, 15) is 4.79 Å². The second-order valence-electron chi connectivity index (χ2n) is 5.54. The van der Waals surface area contributed by atoms with E-state index in [1.165, 1.54) is 11.1 Å². The van der Waals surface area contributed by atoms with Crippen LogP contribution in [0.2, 0.25) is 0 Å². The molecule has 4 heteroatoms. The van der Waals surface area contributed by atoms with Gasteiger partial charge in [0.25, 0.3) is 0 Å². The smallest absolute Gasteiger partial charge is 0.221 e. The molecule has 0 aromatic heterocycles. The summed E-state index contributed by atoms with van der Waals surface area (Å²) in [4.78, 5) is 11.8. The molecule has 4 nitrogen and oxygen atoms in total. The van der Waals surface area contributed by atoms with E-state index in [1.54, 1.807) is 7.11 Å². The third-order valence-corrected chi connectivity index (χ3v) is 3.63. The number of carbonyl (C=O) groups excluding carboxylic acids is 1. The molecule has 122 valence electrons. The summed E-state index contributed by atoms with van der Waals surface area (Å²) < 4.78 is 5.11. The van der Waals surface area contributed by atoms with Gasteiger partial charge in [-0.3, -0.25) is 4.79 Å². The summed E-state index contributed by atoms with van der Waals surface area (Å²) in [5.41, 5.74) is 3.55. The summed E-state index contributed by atoms with van der Waals surface area (Å²) in [5, 5.41) is 6.21. The van der Waals surface area contributed by atoms with Gasteiger partial charge < -0.3 is 15.4 Å². The molecule has 2 aromatic carbocycles. The largest absolute Gasteiger partial charge is 0.497 e. The van der Waals surface area contributed by atoms with Crippen molar-refractivity contribution in [2.75, 3.05) is 13.7 Å². The minimum Gasteiger partial charge on any atom is -0.497 e. The quantitative estimate of drug-likeness (QED) is 0.737. The average molecular weight is 312 g/mol. The number of amides is 1. The first-order valence-electron chi connectivity index (χ1n) is 7.83. The topological polar surface area (TPSA) is 50.4 Å². The SMILES string of the molecule is COc1ccc(CNC(=O)CCNCc2ccc(C)cc2)cc1. The van der Waals surface area contributed by atoms with Crippen LogP contribution in [-0.4, -0.2) is 19.6 Å². The Hall–Kier alpha value is -2.33. The molecule has 23 heavy (non-hydrogen) atoms. The summed E-state index contributed by atoms with van der Waals surface area (Å²) in [5.74, 6) is 0.873. The monoisotopic (exact) mass is 312 g/mol. The third kappa shape index (κ3) is 6.12. The Kier molecular flexibility index (Phi) is 6.63. The second-order valence-corrected chi connectivity index (χ2v) is 5.54. The summed E-state index contributed by atoms with van der Waals surface area (Å²) in [7, 11) is 1.64. The van der Waals surface area contributed by atoms with E-state index in [2.05, 4.69) is 41.8 Å². The molecule has 0 heterocycles. The van der Waals surface area contributed by atoms with Crippen LogP contribution in [0, 0.1) is 6.92 Å². The summed E-state index contributed by atoms with van der Waals surface area (Å²) in [6, 6.07) is 16.1. The molecule has 0 fully saturated rings. The number of hydrogen-bond donors (Lipinski definition) is 2. The molecule has 0 saturated carbocycles. The van der Waals surface area contributed by atoms with Crippen LogP contribution in [0.1, 0.15) is 23.1 Å². The number of rotatable bonds is 8. The van der Waals surface area contributed by atoms with E-state index in [0.717, 1.165) is 17.9 Å². The Morgan fingerprint density at radius 3 is 2.22 bits per heavy atom. The molecule has 0 radical (unpaired) electrons. The maximum Gasteiger partial charge on any atom is 0.221 e. The number of aryl methyl sites for hydroxylation is 1. The number of benzene rings is 2. The number of hydrogen-bond acceptors (Lipinski definition) is 3. The van der Waals surface area contributed by atoms with Crippen molar-refractivity contribution in [1.29, 1.82) is 0 Å². The number of nitrogens with one attached hydrogen (secondary N) is 2. The van der Waals surface area contributed by atoms with Crippen molar-refractivity contribution in [2.24, 2.45) is 0 Å². The molecule has 0 bridgehead atoms. The maximum absolute atomic E-state index is 11.8. The minimum atomic E-state index is 0.0530. The second kappa shape index (κ2) is 8.96. The van der Waals surface area contributed by atoms with Crippen LogP contribution >= 0.6 is 0 Å². The van der Waals surface area contributed by atoms with E-state index in [0.29, 0.717) is 19.5 Å². The van der Waals surface area contributed by atoms with Crippen molar-refractivity contribution in [1.82, 2.24) is 10.6 Å².